The Morgan fingerprint density at radius 2 is 1.89 bits per heavy atom. The van der Waals surface area contributed by atoms with E-state index in [0.29, 0.717) is 35.4 Å². The second kappa shape index (κ2) is 9.12. The molecule has 1 saturated carbocycles. The Balaban J connectivity index is 1.43. The second-order valence-corrected chi connectivity index (χ2v) is 8.69. The molecule has 1 unspecified atom stereocenters. The third-order valence-electron chi connectivity index (χ3n) is 6.58. The first-order chi connectivity index (χ1) is 16.8. The van der Waals surface area contributed by atoms with E-state index in [2.05, 4.69) is 25.3 Å². The maximum atomic E-state index is 13.9. The van der Waals surface area contributed by atoms with E-state index >= 15 is 0 Å². The number of amides is 1. The molecule has 3 aliphatic rings. The van der Waals surface area contributed by atoms with Gasteiger partial charge in [0, 0.05) is 30.5 Å². The summed E-state index contributed by atoms with van der Waals surface area (Å²) >= 11 is 0. The van der Waals surface area contributed by atoms with Crippen LogP contribution in [0.3, 0.4) is 0 Å². The van der Waals surface area contributed by atoms with Gasteiger partial charge in [0.2, 0.25) is 0 Å². The van der Waals surface area contributed by atoms with Crippen molar-refractivity contribution in [2.75, 3.05) is 19.0 Å². The topological polar surface area (TPSA) is 93.1 Å². The fourth-order valence-corrected chi connectivity index (χ4v) is 5.01. The molecule has 1 aliphatic carbocycles. The van der Waals surface area contributed by atoms with E-state index in [1.54, 1.807) is 36.7 Å². The van der Waals surface area contributed by atoms with Gasteiger partial charge < -0.3 is 15.0 Å². The number of carbonyl (C=O) groups is 1. The molecule has 1 aromatic carbocycles. The molecule has 1 amide bonds. The predicted molar refractivity (Wildman–Crippen MR) is 121 cm³/mol. The number of hydrogen-bond acceptors (Lipinski definition) is 7. The Bertz CT molecular complexity index is 1210. The number of benzene rings is 1. The van der Waals surface area contributed by atoms with Gasteiger partial charge in [-0.2, -0.15) is 13.2 Å². The monoisotopic (exact) mass is 484 g/mol. The zero-order valence-corrected chi connectivity index (χ0v) is 18.9. The van der Waals surface area contributed by atoms with E-state index in [9.17, 15) is 18.0 Å². The van der Waals surface area contributed by atoms with E-state index in [4.69, 9.17) is 4.74 Å². The summed E-state index contributed by atoms with van der Waals surface area (Å²) in [5, 5.41) is 3.21. The number of rotatable bonds is 5. The summed E-state index contributed by atoms with van der Waals surface area (Å²) in [6.45, 7) is 0.591. The van der Waals surface area contributed by atoms with Crippen LogP contribution in [0, 0.1) is 5.92 Å². The molecule has 2 saturated heterocycles. The fourth-order valence-electron chi connectivity index (χ4n) is 5.01. The molecule has 3 fully saturated rings. The summed E-state index contributed by atoms with van der Waals surface area (Å²) in [7, 11) is 1.51. The lowest BCUT2D eigenvalue weighted by molar-refractivity contribution is -0.141. The van der Waals surface area contributed by atoms with Gasteiger partial charge in [0.1, 0.15) is 11.6 Å². The third kappa shape index (κ3) is 4.50. The van der Waals surface area contributed by atoms with Crippen LogP contribution >= 0.6 is 0 Å². The lowest BCUT2D eigenvalue weighted by atomic mass is 9.76. The molecular formula is C24H23F3N6O2. The second-order valence-electron chi connectivity index (χ2n) is 8.69. The van der Waals surface area contributed by atoms with Crippen LogP contribution in [0.1, 0.15) is 35.3 Å². The van der Waals surface area contributed by atoms with E-state index in [1.807, 2.05) is 4.90 Å². The quantitative estimate of drug-likeness (QED) is 0.584. The van der Waals surface area contributed by atoms with Crippen LogP contribution in [-0.4, -0.2) is 56.5 Å². The normalized spacial score (nSPS) is 21.6. The third-order valence-corrected chi connectivity index (χ3v) is 6.58. The van der Waals surface area contributed by atoms with Crippen molar-refractivity contribution in [3.63, 3.8) is 0 Å². The number of nitrogens with zero attached hydrogens (tertiary/aromatic N) is 5. The smallest absolute Gasteiger partial charge is 0.434 e. The fraction of sp³-hybridized carbons (Fsp3) is 0.375. The first kappa shape index (κ1) is 23.0. The Labute approximate surface area is 199 Å². The SMILES string of the molecule is COc1cccc(-c2ncccn2)c1C(=O)N1CC2CC[C@H]1[C@H](Nc1cnc(C(F)(F)F)cn1)C2. The highest BCUT2D eigenvalue weighted by Crippen LogP contribution is 2.39. The Hall–Kier alpha value is -3.76. The summed E-state index contributed by atoms with van der Waals surface area (Å²) in [6, 6.07) is 6.69. The van der Waals surface area contributed by atoms with Crippen LogP contribution in [0.5, 0.6) is 5.75 Å². The minimum absolute atomic E-state index is 0.161. The number of halogens is 3. The van der Waals surface area contributed by atoms with Crippen LogP contribution < -0.4 is 10.1 Å². The molecule has 11 heteroatoms. The summed E-state index contributed by atoms with van der Waals surface area (Å²) in [6.07, 6.45) is 3.02. The highest BCUT2D eigenvalue weighted by Gasteiger charge is 2.44. The maximum Gasteiger partial charge on any atom is 0.434 e. The highest BCUT2D eigenvalue weighted by molar-refractivity contribution is 6.03. The summed E-state index contributed by atoms with van der Waals surface area (Å²) in [4.78, 5) is 31.8. The van der Waals surface area contributed by atoms with Crippen molar-refractivity contribution in [2.45, 2.75) is 37.5 Å². The van der Waals surface area contributed by atoms with Crippen molar-refractivity contribution < 1.29 is 22.7 Å². The molecule has 3 aromatic rings. The Morgan fingerprint density at radius 1 is 1.09 bits per heavy atom. The molecule has 0 spiro atoms. The molecule has 35 heavy (non-hydrogen) atoms. The molecule has 182 valence electrons. The van der Waals surface area contributed by atoms with E-state index < -0.39 is 11.9 Å². The number of piperidine rings is 2. The Kier molecular flexibility index (Phi) is 6.00. The molecule has 3 atom stereocenters. The molecule has 2 aliphatic heterocycles. The largest absolute Gasteiger partial charge is 0.496 e. The van der Waals surface area contributed by atoms with Gasteiger partial charge in [0.15, 0.2) is 11.5 Å². The van der Waals surface area contributed by atoms with Crippen LogP contribution in [0.2, 0.25) is 0 Å². The number of ether oxygens (including phenoxy) is 1. The number of nitrogens with one attached hydrogen (secondary N) is 1. The number of anilines is 1. The van der Waals surface area contributed by atoms with Crippen molar-refractivity contribution in [2.24, 2.45) is 5.92 Å². The predicted octanol–water partition coefficient (Wildman–Crippen LogP) is 4.07. The van der Waals surface area contributed by atoms with Crippen molar-refractivity contribution >= 4 is 11.7 Å². The molecule has 2 aromatic heterocycles. The average molecular weight is 484 g/mol. The zero-order valence-electron chi connectivity index (χ0n) is 18.9. The lowest BCUT2D eigenvalue weighted by Crippen LogP contribution is -2.59. The number of methoxy groups -OCH3 is 1. The number of fused-ring (bicyclic) bond motifs is 3. The first-order valence-corrected chi connectivity index (χ1v) is 11.3. The van der Waals surface area contributed by atoms with Gasteiger partial charge in [-0.25, -0.2) is 19.9 Å². The highest BCUT2D eigenvalue weighted by atomic mass is 19.4. The van der Waals surface area contributed by atoms with E-state index in [1.165, 1.54) is 7.11 Å². The summed E-state index contributed by atoms with van der Waals surface area (Å²) in [5.74, 6) is 1.17. The lowest BCUT2D eigenvalue weighted by Gasteiger charge is -2.50. The molecule has 4 heterocycles. The van der Waals surface area contributed by atoms with Gasteiger partial charge in [0.05, 0.1) is 31.1 Å². The first-order valence-electron chi connectivity index (χ1n) is 11.3. The van der Waals surface area contributed by atoms with Crippen molar-refractivity contribution in [3.8, 4) is 17.1 Å². The van der Waals surface area contributed by atoms with Gasteiger partial charge >= 0.3 is 6.18 Å². The molecule has 0 radical (unpaired) electrons. The number of alkyl halides is 3. The number of hydrogen-bond donors (Lipinski definition) is 1. The zero-order chi connectivity index (χ0) is 24.6. The molecule has 6 rings (SSSR count). The van der Waals surface area contributed by atoms with Crippen LogP contribution in [-0.2, 0) is 6.18 Å². The van der Waals surface area contributed by atoms with E-state index in [-0.39, 0.29) is 29.7 Å². The summed E-state index contributed by atoms with van der Waals surface area (Å²) < 4.78 is 44.0. The molecular weight excluding hydrogens is 461 g/mol. The van der Waals surface area contributed by atoms with Gasteiger partial charge in [-0.05, 0) is 37.3 Å². The maximum absolute atomic E-state index is 13.9. The van der Waals surface area contributed by atoms with Crippen molar-refractivity contribution in [1.82, 2.24) is 24.8 Å². The minimum atomic E-state index is -4.55. The van der Waals surface area contributed by atoms with Crippen molar-refractivity contribution in [3.05, 3.63) is 60.3 Å². The van der Waals surface area contributed by atoms with E-state index in [0.717, 1.165) is 25.5 Å². The van der Waals surface area contributed by atoms with Crippen LogP contribution in [0.15, 0.2) is 49.1 Å². The van der Waals surface area contributed by atoms with Gasteiger partial charge in [0.25, 0.3) is 5.91 Å². The number of carbonyl (C=O) groups excluding carboxylic acids is 1. The standard InChI is InChI=1S/C24H23F3N6O2/c1-35-18-5-2-4-15(22-28-8-3-9-29-22)21(18)23(34)33-13-14-6-7-17(33)16(10-14)32-20-12-30-19(11-31-20)24(25,26)27/h2-5,8-9,11-12,14,16-17H,6-7,10,13H2,1H3,(H,31,32)/t14?,16-,17+/m1/s1. The average Bonchev–Trinajstić information content (AvgIpc) is 2.88. The van der Waals surface area contributed by atoms with Crippen LogP contribution in [0.25, 0.3) is 11.4 Å². The molecule has 8 nitrogen and oxygen atoms in total. The Morgan fingerprint density at radius 3 is 2.54 bits per heavy atom. The molecule has 2 bridgehead atoms. The summed E-state index contributed by atoms with van der Waals surface area (Å²) in [5.41, 5.74) is -0.0758. The van der Waals surface area contributed by atoms with Crippen LogP contribution in [0.4, 0.5) is 19.0 Å². The number of aromatic nitrogens is 4. The van der Waals surface area contributed by atoms with Gasteiger partial charge in [-0.1, -0.05) is 12.1 Å². The molecule has 1 N–H and O–H groups in total. The minimum Gasteiger partial charge on any atom is -0.496 e. The van der Waals surface area contributed by atoms with Gasteiger partial charge in [-0.3, -0.25) is 4.79 Å². The van der Waals surface area contributed by atoms with Gasteiger partial charge in [-0.15, -0.1) is 0 Å². The van der Waals surface area contributed by atoms with Crippen molar-refractivity contribution in [1.29, 1.82) is 0 Å².